The van der Waals surface area contributed by atoms with Crippen LogP contribution in [0.1, 0.15) is 18.1 Å². The highest BCUT2D eigenvalue weighted by molar-refractivity contribution is 8.18. The first-order valence-corrected chi connectivity index (χ1v) is 12.9. The molecule has 0 radical (unpaired) electrons. The quantitative estimate of drug-likeness (QED) is 0.188. The van der Waals surface area contributed by atoms with Crippen molar-refractivity contribution >= 4 is 46.3 Å². The SMILES string of the molecule is CCOc1cc(/C=C2/SC(=O)N(CC(=O)Nc3ccccc3OC)C2=O)ccc1OCc1cccc([N+](=O)[O-])c1. The van der Waals surface area contributed by atoms with Crippen molar-refractivity contribution in [2.75, 3.05) is 25.6 Å². The topological polar surface area (TPSA) is 137 Å². The summed E-state index contributed by atoms with van der Waals surface area (Å²) in [6.07, 6.45) is 1.54. The molecule has 3 amide bonds. The number of nitro groups is 1. The molecule has 1 fully saturated rings. The van der Waals surface area contributed by atoms with Crippen LogP contribution in [-0.2, 0) is 16.2 Å². The first kappa shape index (κ1) is 28.2. The van der Waals surface area contributed by atoms with Crippen LogP contribution in [0.3, 0.4) is 0 Å². The van der Waals surface area contributed by atoms with Gasteiger partial charge < -0.3 is 19.5 Å². The number of nitrogens with one attached hydrogen (secondary N) is 1. The van der Waals surface area contributed by atoms with Crippen LogP contribution in [0, 0.1) is 10.1 Å². The van der Waals surface area contributed by atoms with Crippen molar-refractivity contribution in [3.63, 3.8) is 0 Å². The smallest absolute Gasteiger partial charge is 0.294 e. The second-order valence-electron chi connectivity index (χ2n) is 8.37. The molecule has 3 aromatic rings. The molecule has 4 rings (SSSR count). The van der Waals surface area contributed by atoms with Gasteiger partial charge in [-0.05, 0) is 60.2 Å². The second kappa shape index (κ2) is 12.8. The minimum absolute atomic E-state index is 0.0345. The van der Waals surface area contributed by atoms with Crippen molar-refractivity contribution in [2.45, 2.75) is 13.5 Å². The number of amides is 3. The summed E-state index contributed by atoms with van der Waals surface area (Å²) in [7, 11) is 1.47. The van der Waals surface area contributed by atoms with Gasteiger partial charge in [0, 0.05) is 12.1 Å². The number of hydrogen-bond donors (Lipinski definition) is 1. The molecular weight excluding hydrogens is 538 g/mol. The molecule has 0 bridgehead atoms. The van der Waals surface area contributed by atoms with Gasteiger partial charge in [-0.3, -0.25) is 29.4 Å². The molecule has 0 aliphatic carbocycles. The standard InChI is InChI=1S/C28H25N3O8S/c1-3-38-24-14-18(11-12-23(24)39-17-19-7-6-8-20(13-19)31(35)36)15-25-27(33)30(28(34)40-25)16-26(32)29-21-9-4-5-10-22(21)37-2/h4-15H,3,16-17H2,1-2H3,(H,29,32)/b25-15+. The lowest BCUT2D eigenvalue weighted by Crippen LogP contribution is -2.36. The predicted molar refractivity (Wildman–Crippen MR) is 149 cm³/mol. The number of thioether (sulfide) groups is 1. The molecule has 11 nitrogen and oxygen atoms in total. The number of imide groups is 1. The van der Waals surface area contributed by atoms with Gasteiger partial charge in [0.1, 0.15) is 18.9 Å². The molecule has 0 unspecified atom stereocenters. The maximum atomic E-state index is 13.0. The van der Waals surface area contributed by atoms with Crippen LogP contribution in [0.4, 0.5) is 16.2 Å². The molecule has 1 heterocycles. The van der Waals surface area contributed by atoms with Crippen molar-refractivity contribution < 1.29 is 33.5 Å². The number of para-hydroxylation sites is 2. The average molecular weight is 564 g/mol. The lowest BCUT2D eigenvalue weighted by Gasteiger charge is -2.14. The molecular formula is C28H25N3O8S. The largest absolute Gasteiger partial charge is 0.495 e. The predicted octanol–water partition coefficient (Wildman–Crippen LogP) is 5.26. The van der Waals surface area contributed by atoms with E-state index >= 15 is 0 Å². The Bertz CT molecular complexity index is 1490. The summed E-state index contributed by atoms with van der Waals surface area (Å²) in [4.78, 5) is 49.6. The Morgan fingerprint density at radius 1 is 1.02 bits per heavy atom. The molecule has 0 spiro atoms. The Kier molecular flexibility index (Phi) is 9.02. The first-order chi connectivity index (χ1) is 19.3. The van der Waals surface area contributed by atoms with Crippen molar-refractivity contribution in [2.24, 2.45) is 0 Å². The summed E-state index contributed by atoms with van der Waals surface area (Å²) >= 11 is 0.734. The number of rotatable bonds is 11. The van der Waals surface area contributed by atoms with Crippen LogP contribution in [0.25, 0.3) is 6.08 Å². The number of nitro benzene ring substituents is 1. The van der Waals surface area contributed by atoms with Gasteiger partial charge in [0.05, 0.1) is 29.2 Å². The number of nitrogens with zero attached hydrogens (tertiary/aromatic N) is 2. The Hall–Kier alpha value is -4.84. The fourth-order valence-electron chi connectivity index (χ4n) is 3.79. The zero-order valence-corrected chi connectivity index (χ0v) is 22.4. The maximum absolute atomic E-state index is 13.0. The Labute approximate surface area is 233 Å². The van der Waals surface area contributed by atoms with Crippen LogP contribution in [-0.4, -0.2) is 47.1 Å². The van der Waals surface area contributed by atoms with E-state index in [1.165, 1.54) is 25.3 Å². The van der Waals surface area contributed by atoms with Crippen molar-refractivity contribution in [1.29, 1.82) is 0 Å². The summed E-state index contributed by atoms with van der Waals surface area (Å²) in [5.74, 6) is 0.127. The Balaban J connectivity index is 1.45. The van der Waals surface area contributed by atoms with Crippen LogP contribution in [0.15, 0.2) is 71.6 Å². The van der Waals surface area contributed by atoms with E-state index in [1.807, 2.05) is 0 Å². The first-order valence-electron chi connectivity index (χ1n) is 12.1. The van der Waals surface area contributed by atoms with Gasteiger partial charge in [-0.2, -0.15) is 0 Å². The summed E-state index contributed by atoms with van der Waals surface area (Å²) in [6.45, 7) is 1.78. The zero-order valence-electron chi connectivity index (χ0n) is 21.6. The zero-order chi connectivity index (χ0) is 28.6. The third-order valence-corrected chi connectivity index (χ3v) is 6.54. The molecule has 1 aliphatic rings. The van der Waals surface area contributed by atoms with Crippen molar-refractivity contribution in [1.82, 2.24) is 4.90 Å². The van der Waals surface area contributed by atoms with Crippen LogP contribution >= 0.6 is 11.8 Å². The van der Waals surface area contributed by atoms with Crippen LogP contribution in [0.5, 0.6) is 17.2 Å². The van der Waals surface area contributed by atoms with E-state index in [4.69, 9.17) is 14.2 Å². The minimum atomic E-state index is -0.589. The molecule has 1 saturated heterocycles. The number of hydrogen-bond acceptors (Lipinski definition) is 9. The Morgan fingerprint density at radius 3 is 2.58 bits per heavy atom. The van der Waals surface area contributed by atoms with Gasteiger partial charge in [-0.15, -0.1) is 0 Å². The van der Waals surface area contributed by atoms with Crippen LogP contribution in [0.2, 0.25) is 0 Å². The molecule has 40 heavy (non-hydrogen) atoms. The van der Waals surface area contributed by atoms with Gasteiger partial charge in [0.25, 0.3) is 16.8 Å². The highest BCUT2D eigenvalue weighted by atomic mass is 32.2. The van der Waals surface area contributed by atoms with E-state index in [2.05, 4.69) is 5.32 Å². The van der Waals surface area contributed by atoms with E-state index < -0.39 is 28.5 Å². The van der Waals surface area contributed by atoms with Gasteiger partial charge in [-0.1, -0.05) is 30.3 Å². The lowest BCUT2D eigenvalue weighted by atomic mass is 10.1. The van der Waals surface area contributed by atoms with E-state index in [-0.39, 0.29) is 17.2 Å². The summed E-state index contributed by atoms with van der Waals surface area (Å²) < 4.78 is 16.7. The number of carbonyl (C=O) groups is 3. The van der Waals surface area contributed by atoms with Gasteiger partial charge in [0.15, 0.2) is 11.5 Å². The normalized spacial score (nSPS) is 13.8. The van der Waals surface area contributed by atoms with Gasteiger partial charge in [-0.25, -0.2) is 0 Å². The maximum Gasteiger partial charge on any atom is 0.294 e. The van der Waals surface area contributed by atoms with Gasteiger partial charge >= 0.3 is 0 Å². The van der Waals surface area contributed by atoms with E-state index in [0.717, 1.165) is 16.7 Å². The van der Waals surface area contributed by atoms with Crippen LogP contribution < -0.4 is 19.5 Å². The minimum Gasteiger partial charge on any atom is -0.495 e. The monoisotopic (exact) mass is 563 g/mol. The fourth-order valence-corrected chi connectivity index (χ4v) is 4.63. The molecule has 12 heteroatoms. The highest BCUT2D eigenvalue weighted by Crippen LogP contribution is 2.35. The molecule has 0 aromatic heterocycles. The van der Waals surface area contributed by atoms with Crippen molar-refractivity contribution in [3.8, 4) is 17.2 Å². The summed E-state index contributed by atoms with van der Waals surface area (Å²) in [5.41, 5.74) is 1.58. The number of carbonyl (C=O) groups excluding carboxylic acids is 3. The summed E-state index contributed by atoms with van der Waals surface area (Å²) in [6, 6.07) is 17.9. The average Bonchev–Trinajstić information content (AvgIpc) is 3.20. The highest BCUT2D eigenvalue weighted by Gasteiger charge is 2.36. The van der Waals surface area contributed by atoms with E-state index in [1.54, 1.807) is 61.5 Å². The second-order valence-corrected chi connectivity index (χ2v) is 9.36. The number of benzene rings is 3. The van der Waals surface area contributed by atoms with E-state index in [0.29, 0.717) is 40.7 Å². The lowest BCUT2D eigenvalue weighted by molar-refractivity contribution is -0.384. The van der Waals surface area contributed by atoms with Crippen molar-refractivity contribution in [3.05, 3.63) is 92.9 Å². The number of non-ortho nitro benzene ring substituents is 1. The summed E-state index contributed by atoms with van der Waals surface area (Å²) in [5, 5.41) is 13.1. The molecule has 206 valence electrons. The third-order valence-electron chi connectivity index (χ3n) is 5.64. The molecule has 0 saturated carbocycles. The molecule has 0 atom stereocenters. The number of ether oxygens (including phenoxy) is 3. The number of methoxy groups -OCH3 is 1. The third kappa shape index (κ3) is 6.77. The molecule has 1 aliphatic heterocycles. The van der Waals surface area contributed by atoms with E-state index in [9.17, 15) is 24.5 Å². The molecule has 3 aromatic carbocycles. The Morgan fingerprint density at radius 2 is 1.82 bits per heavy atom. The molecule has 1 N–H and O–H groups in total. The fraction of sp³-hybridized carbons (Fsp3) is 0.179. The number of anilines is 1. The van der Waals surface area contributed by atoms with Gasteiger partial charge in [0.2, 0.25) is 5.91 Å².